The molecule has 88 valence electrons. The zero-order chi connectivity index (χ0) is 12.3. The number of nitrogens with two attached hydrogens (primary N) is 1. The third kappa shape index (κ3) is 3.01. The van der Waals surface area contributed by atoms with Crippen LogP contribution in [0.2, 0.25) is 5.28 Å². The summed E-state index contributed by atoms with van der Waals surface area (Å²) in [5, 5.41) is 0.0885. The lowest BCUT2D eigenvalue weighted by Gasteiger charge is -2.16. The van der Waals surface area contributed by atoms with E-state index < -0.39 is 0 Å². The molecule has 0 aliphatic carbocycles. The van der Waals surface area contributed by atoms with Crippen molar-refractivity contribution in [3.63, 3.8) is 0 Å². The van der Waals surface area contributed by atoms with Crippen molar-refractivity contribution in [3.8, 4) is 0 Å². The maximum absolute atomic E-state index is 5.72. The number of nitrogen functional groups attached to an aromatic ring is 1. The molecule has 0 spiro atoms. The molecule has 2 rings (SSSR count). The van der Waals surface area contributed by atoms with Crippen molar-refractivity contribution in [2.24, 2.45) is 0 Å². The van der Waals surface area contributed by atoms with Crippen molar-refractivity contribution >= 4 is 23.5 Å². The second kappa shape index (κ2) is 4.92. The van der Waals surface area contributed by atoms with Crippen LogP contribution >= 0.6 is 11.6 Å². The molecule has 0 atom stereocenters. The van der Waals surface area contributed by atoms with Crippen LogP contribution in [0.3, 0.4) is 0 Å². The number of hydrogen-bond donors (Lipinski definition) is 1. The third-order valence-electron chi connectivity index (χ3n) is 2.10. The Balaban J connectivity index is 2.17. The minimum absolute atomic E-state index is 0.0885. The first-order chi connectivity index (χ1) is 8.15. The van der Waals surface area contributed by atoms with E-state index in [1.807, 2.05) is 24.1 Å². The Labute approximate surface area is 103 Å². The standard InChI is InChI=1S/C10H11ClN6/c1-17(6-7-3-2-4-13-5-7)10-15-8(11)14-9(12)16-10/h2-5H,6H2,1H3,(H2,12,14,15,16). The molecule has 6 nitrogen and oxygen atoms in total. The van der Waals surface area contributed by atoms with E-state index in [-0.39, 0.29) is 11.2 Å². The van der Waals surface area contributed by atoms with Crippen LogP contribution < -0.4 is 10.6 Å². The van der Waals surface area contributed by atoms with E-state index in [0.29, 0.717) is 12.5 Å². The fourth-order valence-corrected chi connectivity index (χ4v) is 1.52. The van der Waals surface area contributed by atoms with Gasteiger partial charge in [-0.1, -0.05) is 6.07 Å². The van der Waals surface area contributed by atoms with Crippen LogP contribution in [0.1, 0.15) is 5.56 Å². The molecule has 7 heteroatoms. The van der Waals surface area contributed by atoms with E-state index >= 15 is 0 Å². The Morgan fingerprint density at radius 3 is 2.82 bits per heavy atom. The quantitative estimate of drug-likeness (QED) is 0.880. The van der Waals surface area contributed by atoms with Crippen molar-refractivity contribution in [3.05, 3.63) is 35.4 Å². The van der Waals surface area contributed by atoms with Crippen molar-refractivity contribution in [2.45, 2.75) is 6.54 Å². The summed E-state index contributed by atoms with van der Waals surface area (Å²) in [4.78, 5) is 17.6. The molecule has 0 saturated carbocycles. The van der Waals surface area contributed by atoms with Gasteiger partial charge >= 0.3 is 0 Å². The molecule has 0 fully saturated rings. The molecule has 17 heavy (non-hydrogen) atoms. The Kier molecular flexibility index (Phi) is 3.34. The number of anilines is 2. The number of nitrogens with zero attached hydrogens (tertiary/aromatic N) is 5. The first kappa shape index (κ1) is 11.5. The van der Waals surface area contributed by atoms with Crippen molar-refractivity contribution in [2.75, 3.05) is 17.7 Å². The molecular formula is C10H11ClN6. The Morgan fingerprint density at radius 1 is 1.35 bits per heavy atom. The predicted octanol–water partition coefficient (Wildman–Crippen LogP) is 1.14. The van der Waals surface area contributed by atoms with Crippen LogP contribution in [0.5, 0.6) is 0 Å². The second-order valence-electron chi connectivity index (χ2n) is 3.48. The fraction of sp³-hybridized carbons (Fsp3) is 0.200. The van der Waals surface area contributed by atoms with E-state index in [2.05, 4.69) is 19.9 Å². The average Bonchev–Trinajstić information content (AvgIpc) is 2.29. The monoisotopic (exact) mass is 250 g/mol. The predicted molar refractivity (Wildman–Crippen MR) is 65.6 cm³/mol. The Hall–Kier alpha value is -1.95. The lowest BCUT2D eigenvalue weighted by atomic mass is 10.3. The summed E-state index contributed by atoms with van der Waals surface area (Å²) in [7, 11) is 1.85. The van der Waals surface area contributed by atoms with Crippen molar-refractivity contribution in [1.82, 2.24) is 19.9 Å². The van der Waals surface area contributed by atoms with Gasteiger partial charge in [-0.3, -0.25) is 4.98 Å². The molecule has 0 aromatic carbocycles. The highest BCUT2D eigenvalue weighted by Gasteiger charge is 2.08. The highest BCUT2D eigenvalue weighted by molar-refractivity contribution is 6.28. The summed E-state index contributed by atoms with van der Waals surface area (Å²) in [5.41, 5.74) is 6.55. The molecule has 0 bridgehead atoms. The number of hydrogen-bond acceptors (Lipinski definition) is 6. The molecule has 2 aromatic rings. The average molecular weight is 251 g/mol. The van der Waals surface area contributed by atoms with Gasteiger partial charge in [-0.15, -0.1) is 0 Å². The Bertz CT molecular complexity index is 483. The molecule has 0 saturated heterocycles. The van der Waals surface area contributed by atoms with E-state index in [0.717, 1.165) is 5.56 Å². The molecule has 2 N–H and O–H groups in total. The van der Waals surface area contributed by atoms with E-state index in [9.17, 15) is 0 Å². The molecule has 0 aliphatic rings. The van der Waals surface area contributed by atoms with Gasteiger partial charge in [0.05, 0.1) is 0 Å². The number of aromatic nitrogens is 4. The van der Waals surface area contributed by atoms with Gasteiger partial charge in [0.25, 0.3) is 0 Å². The minimum Gasteiger partial charge on any atom is -0.368 e. The van der Waals surface area contributed by atoms with Crippen LogP contribution in [0.15, 0.2) is 24.5 Å². The van der Waals surface area contributed by atoms with Crippen LogP contribution in [0.4, 0.5) is 11.9 Å². The van der Waals surface area contributed by atoms with Crippen LogP contribution in [0.25, 0.3) is 0 Å². The molecule has 0 aliphatic heterocycles. The normalized spacial score (nSPS) is 10.2. The summed E-state index contributed by atoms with van der Waals surface area (Å²) < 4.78 is 0. The molecule has 0 amide bonds. The van der Waals surface area contributed by atoms with Gasteiger partial charge < -0.3 is 10.6 Å². The van der Waals surface area contributed by atoms with Gasteiger partial charge in [0.1, 0.15) is 0 Å². The number of rotatable bonds is 3. The van der Waals surface area contributed by atoms with Gasteiger partial charge in [-0.05, 0) is 23.2 Å². The van der Waals surface area contributed by atoms with Gasteiger partial charge in [-0.25, -0.2) is 0 Å². The first-order valence-electron chi connectivity index (χ1n) is 4.92. The Morgan fingerprint density at radius 2 is 2.18 bits per heavy atom. The lowest BCUT2D eigenvalue weighted by Crippen LogP contribution is -2.20. The number of pyridine rings is 1. The maximum atomic E-state index is 5.72. The zero-order valence-corrected chi connectivity index (χ0v) is 9.96. The molecule has 2 aromatic heterocycles. The zero-order valence-electron chi connectivity index (χ0n) is 9.21. The third-order valence-corrected chi connectivity index (χ3v) is 2.27. The SMILES string of the molecule is CN(Cc1cccnc1)c1nc(N)nc(Cl)n1. The lowest BCUT2D eigenvalue weighted by molar-refractivity contribution is 0.852. The smallest absolute Gasteiger partial charge is 0.231 e. The summed E-state index contributed by atoms with van der Waals surface area (Å²) in [6.45, 7) is 0.619. The highest BCUT2D eigenvalue weighted by Crippen LogP contribution is 2.12. The van der Waals surface area contributed by atoms with Crippen LogP contribution in [0, 0.1) is 0 Å². The van der Waals surface area contributed by atoms with Crippen LogP contribution in [-0.2, 0) is 6.54 Å². The fourth-order valence-electron chi connectivity index (χ4n) is 1.36. The summed E-state index contributed by atoms with van der Waals surface area (Å²) in [6.07, 6.45) is 3.50. The molecule has 0 unspecified atom stereocenters. The number of halogens is 1. The highest BCUT2D eigenvalue weighted by atomic mass is 35.5. The molecular weight excluding hydrogens is 240 g/mol. The van der Waals surface area contributed by atoms with E-state index in [4.69, 9.17) is 17.3 Å². The summed E-state index contributed by atoms with van der Waals surface area (Å²) in [5.74, 6) is 0.546. The van der Waals surface area contributed by atoms with Crippen LogP contribution in [-0.4, -0.2) is 27.0 Å². The van der Waals surface area contributed by atoms with Crippen molar-refractivity contribution in [1.29, 1.82) is 0 Å². The van der Waals surface area contributed by atoms with E-state index in [1.165, 1.54) is 0 Å². The molecule has 2 heterocycles. The van der Waals surface area contributed by atoms with Crippen molar-refractivity contribution < 1.29 is 0 Å². The largest absolute Gasteiger partial charge is 0.368 e. The summed E-state index contributed by atoms with van der Waals surface area (Å²) >= 11 is 5.72. The van der Waals surface area contributed by atoms with E-state index in [1.54, 1.807) is 12.4 Å². The topological polar surface area (TPSA) is 80.8 Å². The van der Waals surface area contributed by atoms with Gasteiger partial charge in [0.15, 0.2) is 0 Å². The van der Waals surface area contributed by atoms with Gasteiger partial charge in [-0.2, -0.15) is 15.0 Å². The maximum Gasteiger partial charge on any atom is 0.231 e. The van der Waals surface area contributed by atoms with Gasteiger partial charge in [0, 0.05) is 26.0 Å². The van der Waals surface area contributed by atoms with Gasteiger partial charge in [0.2, 0.25) is 17.2 Å². The molecule has 0 radical (unpaired) electrons. The minimum atomic E-state index is 0.0885. The first-order valence-corrected chi connectivity index (χ1v) is 5.30. The second-order valence-corrected chi connectivity index (χ2v) is 3.82. The summed E-state index contributed by atoms with van der Waals surface area (Å²) in [6, 6.07) is 3.84.